The topological polar surface area (TPSA) is 280 Å². The Hall–Kier alpha value is -2.69. The van der Waals surface area contributed by atoms with E-state index in [0.717, 1.165) is 12.7 Å². The van der Waals surface area contributed by atoms with Crippen LogP contribution >= 0.6 is 38.5 Å². The van der Waals surface area contributed by atoms with E-state index >= 15 is 4.39 Å². The van der Waals surface area contributed by atoms with Crippen LogP contribution < -0.4 is 17.0 Å². The van der Waals surface area contributed by atoms with Crippen molar-refractivity contribution in [3.05, 3.63) is 29.3 Å². The molecule has 0 aliphatic carbocycles. The van der Waals surface area contributed by atoms with E-state index in [2.05, 4.69) is 54.4 Å². The highest BCUT2D eigenvalue weighted by Gasteiger charge is 2.51. The van der Waals surface area contributed by atoms with Crippen molar-refractivity contribution < 1.29 is 46.8 Å². The first kappa shape index (κ1) is 32.3. The third-order valence-electron chi connectivity index (χ3n) is 7.04. The standard InChI is InChI=1S/C20H25FN10O10P2S2/c21-8-12(40-42(35)44)7(39-18(8)30-4-26-9-14(22)24-3-25-15(9)30)2-37-43(36,45)41-13-11(33)6(1-32)38-19(13)31-5-27-10-16(31)28-20(23)29-17(10)34/h3-8,11-13,18-19,32-33,42H,1-2H2,(H,35,44)(H,36,45)(H2,22,24,25)(H3,23,28,29,34)/t6-,7-,8+,11+,12+,13+,18-,19-,43?/m1/s1. The highest BCUT2D eigenvalue weighted by molar-refractivity contribution is 8.44. The second-order valence-electron chi connectivity index (χ2n) is 9.79. The molecule has 6 heterocycles. The molecule has 0 saturated carbocycles. The van der Waals surface area contributed by atoms with Gasteiger partial charge in [0.25, 0.3) is 5.56 Å². The number of nitrogens with zero attached hydrogens (tertiary/aromatic N) is 7. The Morgan fingerprint density at radius 2 is 1.78 bits per heavy atom. The molecule has 25 heteroatoms. The SMILES string of the molecule is Nc1nc2c(ncn2[C@@H]2O[C@H](CO)[C@H](O)[C@@H]2OP(=O)(S)OC[C@H]2O[C@@H](n3cnc4c(N)ncnc43)[C@@H](F)[C@H]2O[PH](=O)S)c(=O)[nH]1. The maximum Gasteiger partial charge on any atom is 0.386 e. The Kier molecular flexibility index (Phi) is 8.95. The fourth-order valence-corrected chi connectivity index (χ4v) is 7.39. The highest BCUT2D eigenvalue weighted by atomic mass is 32.7. The van der Waals surface area contributed by atoms with Crippen LogP contribution in [0, 0.1) is 0 Å². The molecule has 45 heavy (non-hydrogen) atoms. The molecule has 244 valence electrons. The van der Waals surface area contributed by atoms with E-state index < -0.39 is 81.9 Å². The van der Waals surface area contributed by atoms with E-state index in [-0.39, 0.29) is 34.1 Å². The minimum absolute atomic E-state index is 0.0444. The second-order valence-corrected chi connectivity index (χ2v) is 14.5. The zero-order valence-corrected chi connectivity index (χ0v) is 26.1. The number of fused-ring (bicyclic) bond motifs is 2. The predicted molar refractivity (Wildman–Crippen MR) is 158 cm³/mol. The number of thiol groups is 2. The molecule has 2 saturated heterocycles. The average Bonchev–Trinajstić information content (AvgIpc) is 3.73. The fraction of sp³-hybridized carbons (Fsp3) is 0.500. The Balaban J connectivity index is 1.22. The van der Waals surface area contributed by atoms with E-state index in [0.29, 0.717) is 0 Å². The lowest BCUT2D eigenvalue weighted by Crippen LogP contribution is -2.35. The summed E-state index contributed by atoms with van der Waals surface area (Å²) in [7, 11) is -3.01. The van der Waals surface area contributed by atoms with Gasteiger partial charge in [0.05, 0.1) is 25.9 Å². The highest BCUT2D eigenvalue weighted by Crippen LogP contribution is 2.57. The zero-order chi connectivity index (χ0) is 32.2. The van der Waals surface area contributed by atoms with Crippen LogP contribution in [0.3, 0.4) is 0 Å². The number of anilines is 2. The number of aliphatic hydroxyl groups is 2. The summed E-state index contributed by atoms with van der Waals surface area (Å²) in [5, 5.41) is 20.6. The van der Waals surface area contributed by atoms with Gasteiger partial charge in [-0.05, 0) is 0 Å². The lowest BCUT2D eigenvalue weighted by Gasteiger charge is -2.26. The lowest BCUT2D eigenvalue weighted by atomic mass is 10.1. The molecule has 2 aliphatic rings. The molecule has 2 aliphatic heterocycles. The van der Waals surface area contributed by atoms with Crippen LogP contribution in [0.15, 0.2) is 23.8 Å². The largest absolute Gasteiger partial charge is 0.394 e. The van der Waals surface area contributed by atoms with E-state index in [4.69, 9.17) is 34.5 Å². The number of H-pyrrole nitrogens is 1. The van der Waals surface area contributed by atoms with Crippen molar-refractivity contribution in [2.75, 3.05) is 24.7 Å². The minimum Gasteiger partial charge on any atom is -0.394 e. The molecule has 2 fully saturated rings. The summed E-state index contributed by atoms with van der Waals surface area (Å²) in [5.41, 5.74) is 11.0. The molecule has 0 bridgehead atoms. The molecule has 0 aromatic carbocycles. The van der Waals surface area contributed by atoms with Crippen LogP contribution in [0.1, 0.15) is 12.5 Å². The Bertz CT molecular complexity index is 1870. The van der Waals surface area contributed by atoms with E-state index in [1.165, 1.54) is 15.5 Å². The first-order valence-electron chi connectivity index (χ1n) is 12.8. The van der Waals surface area contributed by atoms with Crippen molar-refractivity contribution >= 4 is 72.6 Å². The summed E-state index contributed by atoms with van der Waals surface area (Å²) < 4.78 is 71.1. The van der Waals surface area contributed by atoms with E-state index in [1.807, 2.05) is 0 Å². The van der Waals surface area contributed by atoms with Crippen LogP contribution in [-0.4, -0.2) is 99.2 Å². The number of nitrogens with one attached hydrogen (secondary N) is 1. The van der Waals surface area contributed by atoms with Crippen LogP contribution in [0.5, 0.6) is 0 Å². The molecule has 0 radical (unpaired) electrons. The zero-order valence-electron chi connectivity index (χ0n) is 22.4. The lowest BCUT2D eigenvalue weighted by molar-refractivity contribution is -0.0524. The number of hydrogen-bond acceptors (Lipinski definition) is 17. The maximum atomic E-state index is 15.7. The number of halogens is 1. The van der Waals surface area contributed by atoms with Gasteiger partial charge in [-0.1, -0.05) is 24.5 Å². The number of nitrogens with two attached hydrogens (primary N) is 2. The number of aromatic nitrogens is 8. The number of nitrogen functional groups attached to an aromatic ring is 2. The molecule has 10 atom stereocenters. The van der Waals surface area contributed by atoms with Gasteiger partial charge >= 0.3 is 6.80 Å². The quantitative estimate of drug-likeness (QED) is 0.0825. The van der Waals surface area contributed by atoms with Crippen molar-refractivity contribution in [3.8, 4) is 0 Å². The summed E-state index contributed by atoms with van der Waals surface area (Å²) in [6.45, 7) is -5.81. The molecular weight excluding hydrogens is 685 g/mol. The minimum atomic E-state index is -4.47. The van der Waals surface area contributed by atoms with Crippen molar-refractivity contribution in [2.45, 2.75) is 49.1 Å². The van der Waals surface area contributed by atoms with Gasteiger partial charge < -0.3 is 35.7 Å². The third-order valence-corrected chi connectivity index (χ3v) is 9.44. The number of aliphatic hydroxyl groups excluding tert-OH is 2. The molecule has 4 aromatic rings. The van der Waals surface area contributed by atoms with Gasteiger partial charge in [0.2, 0.25) is 13.2 Å². The van der Waals surface area contributed by atoms with Crippen LogP contribution in [0.25, 0.3) is 22.3 Å². The maximum absolute atomic E-state index is 15.7. The molecule has 7 N–H and O–H groups in total. The Morgan fingerprint density at radius 3 is 2.49 bits per heavy atom. The summed E-state index contributed by atoms with van der Waals surface area (Å²) in [4.78, 5) is 34.5. The number of imidazole rings is 2. The molecule has 20 nitrogen and oxygen atoms in total. The number of alkyl halides is 1. The first-order valence-corrected chi connectivity index (χ1v) is 18.1. The van der Waals surface area contributed by atoms with Gasteiger partial charge in [-0.2, -0.15) is 4.98 Å². The van der Waals surface area contributed by atoms with Gasteiger partial charge in [0.15, 0.2) is 41.3 Å². The second kappa shape index (κ2) is 12.5. The summed E-state index contributed by atoms with van der Waals surface area (Å²) in [6, 6.07) is 0. The molecule has 6 rings (SSSR count). The molecule has 0 amide bonds. The molecule has 4 aromatic heterocycles. The Morgan fingerprint density at radius 1 is 1.09 bits per heavy atom. The predicted octanol–water partition coefficient (Wildman–Crippen LogP) is -0.246. The van der Waals surface area contributed by atoms with Crippen molar-refractivity contribution in [3.63, 3.8) is 0 Å². The Labute approximate surface area is 261 Å². The number of aromatic amines is 1. The summed E-state index contributed by atoms with van der Waals surface area (Å²) in [5.74, 6) is -0.198. The van der Waals surface area contributed by atoms with Crippen molar-refractivity contribution in [1.82, 2.24) is 39.0 Å². The molecule has 0 spiro atoms. The van der Waals surface area contributed by atoms with Crippen LogP contribution in [-0.2, 0) is 32.2 Å². The van der Waals surface area contributed by atoms with Crippen LogP contribution in [0.2, 0.25) is 0 Å². The summed E-state index contributed by atoms with van der Waals surface area (Å²) in [6.07, 6.45) is -8.42. The van der Waals surface area contributed by atoms with Crippen molar-refractivity contribution in [1.29, 1.82) is 0 Å². The summed E-state index contributed by atoms with van der Waals surface area (Å²) >= 11 is 7.75. The van der Waals surface area contributed by atoms with Crippen molar-refractivity contribution in [2.24, 2.45) is 0 Å². The van der Waals surface area contributed by atoms with Gasteiger partial charge in [-0.3, -0.25) is 32.5 Å². The van der Waals surface area contributed by atoms with Gasteiger partial charge in [0, 0.05) is 0 Å². The molecular formula is C20H25FN10O10P2S2. The van der Waals surface area contributed by atoms with E-state index in [1.54, 1.807) is 0 Å². The fourth-order valence-electron chi connectivity index (χ4n) is 5.05. The van der Waals surface area contributed by atoms with Gasteiger partial charge in [-0.25, -0.2) is 28.9 Å². The first-order chi connectivity index (χ1) is 21.4. The smallest absolute Gasteiger partial charge is 0.386 e. The monoisotopic (exact) mass is 710 g/mol. The van der Waals surface area contributed by atoms with Gasteiger partial charge in [-0.15, -0.1) is 0 Å². The normalized spacial score (nSPS) is 30.7. The average molecular weight is 711 g/mol. The number of rotatable bonds is 10. The number of ether oxygens (including phenoxy) is 2. The van der Waals surface area contributed by atoms with E-state index in [9.17, 15) is 24.1 Å². The van der Waals surface area contributed by atoms with Gasteiger partial charge in [0.1, 0.15) is 42.4 Å². The van der Waals surface area contributed by atoms with Crippen LogP contribution in [0.4, 0.5) is 16.2 Å². The number of hydrogen-bond donors (Lipinski definition) is 7. The third kappa shape index (κ3) is 6.10. The molecule has 2 unspecified atom stereocenters.